The van der Waals surface area contributed by atoms with Gasteiger partial charge in [-0.05, 0) is 0 Å². The quantitative estimate of drug-likeness (QED) is 0.363. The van der Waals surface area contributed by atoms with Gasteiger partial charge in [0.1, 0.15) is 0 Å². The van der Waals surface area contributed by atoms with Crippen LogP contribution in [-0.2, 0) is 0 Å². The first-order chi connectivity index (χ1) is 7.47. The molecule has 0 spiro atoms. The number of rotatable bonds is 9. The summed E-state index contributed by atoms with van der Waals surface area (Å²) in [6, 6.07) is 0. The molecule has 0 fully saturated rings. The second-order valence-electron chi connectivity index (χ2n) is 3.66. The standard InChI is InChI=1S/C12H18Br2SSe/c1-4-5-6-15-12(16)11(7-9(2)13)8-10(3)14/h11H,2-8H2,1H3. The Kier molecular flexibility index (Phi) is 10.9. The predicted molar refractivity (Wildman–Crippen MR) is 87.0 cm³/mol. The molecule has 0 saturated carbocycles. The Morgan fingerprint density at radius 2 is 1.75 bits per heavy atom. The molecule has 0 amide bonds. The summed E-state index contributed by atoms with van der Waals surface area (Å²) >= 11 is 12.0. The summed E-state index contributed by atoms with van der Waals surface area (Å²) in [5.74, 6) is 1.68. The molecule has 0 aromatic rings. The fourth-order valence-corrected chi connectivity index (χ4v) is 3.90. The van der Waals surface area contributed by atoms with Crippen LogP contribution in [0.3, 0.4) is 0 Å². The number of thioether (sulfide) groups is 1. The van der Waals surface area contributed by atoms with E-state index in [1.807, 2.05) is 11.8 Å². The van der Waals surface area contributed by atoms with E-state index in [0.717, 1.165) is 21.8 Å². The van der Waals surface area contributed by atoms with Crippen molar-refractivity contribution < 1.29 is 0 Å². The van der Waals surface area contributed by atoms with Crippen LogP contribution in [0.1, 0.15) is 32.6 Å². The molecule has 0 aliphatic heterocycles. The van der Waals surface area contributed by atoms with E-state index in [2.05, 4.69) is 67.5 Å². The van der Waals surface area contributed by atoms with E-state index in [-0.39, 0.29) is 0 Å². The maximum absolute atomic E-state index is 3.92. The Hall–Kier alpha value is 1.18. The molecule has 0 heterocycles. The van der Waals surface area contributed by atoms with Crippen LogP contribution in [0, 0.1) is 5.92 Å². The van der Waals surface area contributed by atoms with Crippen molar-refractivity contribution in [3.05, 3.63) is 22.1 Å². The van der Waals surface area contributed by atoms with Gasteiger partial charge in [0.15, 0.2) is 0 Å². The normalized spacial score (nSPS) is 10.5. The molecule has 0 nitrogen and oxygen atoms in total. The zero-order valence-electron chi connectivity index (χ0n) is 9.60. The van der Waals surface area contributed by atoms with E-state index in [1.165, 1.54) is 22.3 Å². The summed E-state index contributed by atoms with van der Waals surface area (Å²) in [7, 11) is 0. The summed E-state index contributed by atoms with van der Waals surface area (Å²) in [6.45, 7) is 10.1. The van der Waals surface area contributed by atoms with E-state index in [4.69, 9.17) is 0 Å². The predicted octanol–water partition coefficient (Wildman–Crippen LogP) is 5.03. The Labute approximate surface area is 128 Å². The molecule has 4 heteroatoms. The number of allylic oxidation sites excluding steroid dienone is 2. The second kappa shape index (κ2) is 10.1. The van der Waals surface area contributed by atoms with Crippen molar-refractivity contribution in [3.63, 3.8) is 0 Å². The van der Waals surface area contributed by atoms with Gasteiger partial charge in [-0.1, -0.05) is 0 Å². The number of hydrogen-bond acceptors (Lipinski definition) is 1. The molecular formula is C12H18Br2SSe. The zero-order chi connectivity index (χ0) is 12.6. The molecule has 0 saturated heterocycles. The molecule has 0 aliphatic carbocycles. The number of halogens is 2. The van der Waals surface area contributed by atoms with E-state index in [9.17, 15) is 0 Å². The van der Waals surface area contributed by atoms with Gasteiger partial charge < -0.3 is 0 Å². The van der Waals surface area contributed by atoms with E-state index >= 15 is 0 Å². The maximum atomic E-state index is 3.92. The average molecular weight is 433 g/mol. The third-order valence-corrected chi connectivity index (χ3v) is 5.21. The fourth-order valence-electron chi connectivity index (χ4n) is 1.21. The zero-order valence-corrected chi connectivity index (χ0v) is 15.3. The first-order valence-electron chi connectivity index (χ1n) is 5.30. The molecular weight excluding hydrogens is 415 g/mol. The van der Waals surface area contributed by atoms with Crippen molar-refractivity contribution in [1.82, 2.24) is 0 Å². The number of hydrogen-bond donors (Lipinski definition) is 0. The molecule has 92 valence electrons. The van der Waals surface area contributed by atoms with Crippen LogP contribution >= 0.6 is 43.6 Å². The monoisotopic (exact) mass is 432 g/mol. The minimum atomic E-state index is 0.487. The van der Waals surface area contributed by atoms with Crippen LogP contribution in [0.2, 0.25) is 0 Å². The molecule has 0 aliphatic rings. The summed E-state index contributed by atoms with van der Waals surface area (Å²) < 4.78 is 3.47. The van der Waals surface area contributed by atoms with Crippen LogP contribution in [0.25, 0.3) is 0 Å². The van der Waals surface area contributed by atoms with Gasteiger partial charge in [-0.15, -0.1) is 0 Å². The van der Waals surface area contributed by atoms with Crippen LogP contribution < -0.4 is 0 Å². The van der Waals surface area contributed by atoms with Crippen LogP contribution in [0.4, 0.5) is 0 Å². The van der Waals surface area contributed by atoms with Gasteiger partial charge >= 0.3 is 129 Å². The molecule has 0 aromatic carbocycles. The molecule has 0 unspecified atom stereocenters. The van der Waals surface area contributed by atoms with Crippen LogP contribution in [0.15, 0.2) is 22.1 Å². The van der Waals surface area contributed by atoms with Crippen molar-refractivity contribution in [2.45, 2.75) is 32.6 Å². The molecule has 0 aromatic heterocycles. The van der Waals surface area contributed by atoms with E-state index in [0.29, 0.717) is 5.92 Å². The molecule has 0 radical (unpaired) electrons. The Balaban J connectivity index is 4.20. The minimum absolute atomic E-state index is 0.487. The topological polar surface area (TPSA) is 0 Å². The third kappa shape index (κ3) is 9.23. The summed E-state index contributed by atoms with van der Waals surface area (Å²) in [5, 5.41) is 0. The van der Waals surface area contributed by atoms with Crippen molar-refractivity contribution >= 4 is 62.9 Å². The van der Waals surface area contributed by atoms with Gasteiger partial charge in [0, 0.05) is 0 Å². The number of unbranched alkanes of at least 4 members (excludes halogenated alkanes) is 1. The Morgan fingerprint density at radius 3 is 2.12 bits per heavy atom. The fraction of sp³-hybridized carbons (Fsp3) is 0.583. The van der Waals surface area contributed by atoms with Gasteiger partial charge in [-0.3, -0.25) is 0 Å². The molecule has 0 N–H and O–H groups in total. The molecule has 16 heavy (non-hydrogen) atoms. The molecule has 0 atom stereocenters. The van der Waals surface area contributed by atoms with Gasteiger partial charge in [0.25, 0.3) is 0 Å². The second-order valence-corrected chi connectivity index (χ2v) is 8.55. The summed E-state index contributed by atoms with van der Waals surface area (Å²) in [6.07, 6.45) is 4.45. The average Bonchev–Trinajstić information content (AvgIpc) is 2.15. The Bertz CT molecular complexity index is 248. The van der Waals surface area contributed by atoms with Gasteiger partial charge in [0.05, 0.1) is 0 Å². The summed E-state index contributed by atoms with van der Waals surface area (Å²) in [4.78, 5) is 0. The van der Waals surface area contributed by atoms with Crippen LogP contribution in [-0.4, -0.2) is 25.1 Å². The van der Waals surface area contributed by atoms with Gasteiger partial charge in [-0.25, -0.2) is 0 Å². The van der Waals surface area contributed by atoms with Crippen molar-refractivity contribution in [2.75, 3.05) is 5.75 Å². The first kappa shape index (κ1) is 17.2. The van der Waals surface area contributed by atoms with Crippen molar-refractivity contribution in [2.24, 2.45) is 5.92 Å². The van der Waals surface area contributed by atoms with Gasteiger partial charge in [-0.2, -0.15) is 0 Å². The molecule has 0 bridgehead atoms. The van der Waals surface area contributed by atoms with E-state index in [1.54, 1.807) is 0 Å². The van der Waals surface area contributed by atoms with Crippen LogP contribution in [0.5, 0.6) is 0 Å². The summed E-state index contributed by atoms with van der Waals surface area (Å²) in [5.41, 5.74) is 0. The Morgan fingerprint density at radius 1 is 1.25 bits per heavy atom. The molecule has 0 rings (SSSR count). The first-order valence-corrected chi connectivity index (χ1v) is 8.73. The SMILES string of the molecule is C=C(Br)CC(CC(=C)Br)C(=[Se])SCCCC. The third-order valence-electron chi connectivity index (χ3n) is 2.01. The van der Waals surface area contributed by atoms with Crippen molar-refractivity contribution in [1.29, 1.82) is 0 Å². The van der Waals surface area contributed by atoms with E-state index < -0.39 is 0 Å². The van der Waals surface area contributed by atoms with Gasteiger partial charge in [0.2, 0.25) is 0 Å². The van der Waals surface area contributed by atoms with Crippen molar-refractivity contribution in [3.8, 4) is 0 Å².